The van der Waals surface area contributed by atoms with Crippen molar-refractivity contribution < 1.29 is 14.7 Å². The Morgan fingerprint density at radius 1 is 1.44 bits per heavy atom. The second-order valence-corrected chi connectivity index (χ2v) is 5.86. The molecule has 0 radical (unpaired) electrons. The summed E-state index contributed by atoms with van der Waals surface area (Å²) in [5, 5.41) is 13.8. The number of carboxylic acid groups (broad SMARTS) is 1. The van der Waals surface area contributed by atoms with Crippen molar-refractivity contribution in [1.29, 1.82) is 0 Å². The predicted octanol–water partition coefficient (Wildman–Crippen LogP) is 2.57. The minimum atomic E-state index is -0.847. The lowest BCUT2D eigenvalue weighted by Gasteiger charge is -2.28. The minimum absolute atomic E-state index is 0.0170. The summed E-state index contributed by atoms with van der Waals surface area (Å²) < 4.78 is 0. The summed E-state index contributed by atoms with van der Waals surface area (Å²) in [5.74, 6) is -0.981. The highest BCUT2D eigenvalue weighted by Crippen LogP contribution is 2.33. The van der Waals surface area contributed by atoms with Crippen LogP contribution in [0.4, 0.5) is 0 Å². The largest absolute Gasteiger partial charge is 0.481 e. The fourth-order valence-electron chi connectivity index (χ4n) is 2.59. The zero-order valence-corrected chi connectivity index (χ0v) is 11.2. The van der Waals surface area contributed by atoms with Crippen LogP contribution in [0.25, 0.3) is 0 Å². The van der Waals surface area contributed by atoms with Gasteiger partial charge in [-0.2, -0.15) is 0 Å². The Morgan fingerprint density at radius 3 is 2.61 bits per heavy atom. The van der Waals surface area contributed by atoms with E-state index < -0.39 is 11.5 Å². The minimum Gasteiger partial charge on any atom is -0.481 e. The van der Waals surface area contributed by atoms with Crippen molar-refractivity contribution in [3.05, 3.63) is 21.9 Å². The van der Waals surface area contributed by atoms with Crippen LogP contribution in [0.3, 0.4) is 0 Å². The molecule has 5 heteroatoms. The fraction of sp³-hybridized carbons (Fsp3) is 0.538. The van der Waals surface area contributed by atoms with E-state index in [2.05, 4.69) is 5.32 Å². The Morgan fingerprint density at radius 2 is 2.11 bits per heavy atom. The molecule has 2 rings (SSSR count). The van der Waals surface area contributed by atoms with Crippen LogP contribution >= 0.6 is 11.3 Å². The number of hydrogen-bond acceptors (Lipinski definition) is 3. The molecular formula is C13H17NO3S. The van der Waals surface area contributed by atoms with Crippen molar-refractivity contribution in [3.63, 3.8) is 0 Å². The van der Waals surface area contributed by atoms with Gasteiger partial charge >= 0.3 is 5.97 Å². The van der Waals surface area contributed by atoms with Crippen molar-refractivity contribution >= 4 is 23.2 Å². The maximum absolute atomic E-state index is 12.2. The molecule has 0 aromatic carbocycles. The fourth-order valence-corrected chi connectivity index (χ4v) is 3.41. The molecule has 0 unspecified atom stereocenters. The van der Waals surface area contributed by atoms with Crippen LogP contribution in [0, 0.1) is 6.92 Å². The molecule has 0 bridgehead atoms. The third-order valence-electron chi connectivity index (χ3n) is 3.50. The van der Waals surface area contributed by atoms with Crippen LogP contribution < -0.4 is 5.32 Å². The highest BCUT2D eigenvalue weighted by molar-refractivity contribution is 7.12. The number of aliphatic carboxylic acids is 1. The van der Waals surface area contributed by atoms with Crippen molar-refractivity contribution in [2.75, 3.05) is 0 Å². The number of carbonyl (C=O) groups excluding carboxylic acids is 1. The Balaban J connectivity index is 2.12. The topological polar surface area (TPSA) is 66.4 Å². The van der Waals surface area contributed by atoms with Crippen LogP contribution in [0.1, 0.15) is 47.3 Å². The first-order chi connectivity index (χ1) is 8.52. The number of carbonyl (C=O) groups is 2. The van der Waals surface area contributed by atoms with E-state index in [-0.39, 0.29) is 12.3 Å². The standard InChI is InChI=1S/C13H17NO3S/c1-9-4-7-18-11(9)12(17)14-13(8-10(15)16)5-2-3-6-13/h4,7H,2-3,5-6,8H2,1H3,(H,14,17)(H,15,16). The van der Waals surface area contributed by atoms with Gasteiger partial charge in [-0.1, -0.05) is 12.8 Å². The summed E-state index contributed by atoms with van der Waals surface area (Å²) in [6, 6.07) is 1.90. The van der Waals surface area contributed by atoms with Gasteiger partial charge in [0.25, 0.3) is 5.91 Å². The molecule has 0 spiro atoms. The zero-order chi connectivity index (χ0) is 13.2. The van der Waals surface area contributed by atoms with Gasteiger partial charge < -0.3 is 10.4 Å². The third-order valence-corrected chi connectivity index (χ3v) is 4.51. The molecule has 98 valence electrons. The van der Waals surface area contributed by atoms with E-state index in [4.69, 9.17) is 5.11 Å². The molecule has 1 amide bonds. The number of amides is 1. The molecule has 4 nitrogen and oxygen atoms in total. The predicted molar refractivity (Wildman–Crippen MR) is 70.0 cm³/mol. The van der Waals surface area contributed by atoms with E-state index in [1.165, 1.54) is 11.3 Å². The SMILES string of the molecule is Cc1ccsc1C(=O)NC1(CC(=O)O)CCCC1. The second kappa shape index (κ2) is 5.10. The molecule has 1 aromatic heterocycles. The van der Waals surface area contributed by atoms with Crippen LogP contribution in [0.15, 0.2) is 11.4 Å². The van der Waals surface area contributed by atoms with Crippen molar-refractivity contribution in [3.8, 4) is 0 Å². The van der Waals surface area contributed by atoms with E-state index >= 15 is 0 Å². The quantitative estimate of drug-likeness (QED) is 0.881. The molecule has 1 aliphatic carbocycles. The summed E-state index contributed by atoms with van der Waals surface area (Å²) in [6.07, 6.45) is 3.50. The highest BCUT2D eigenvalue weighted by atomic mass is 32.1. The number of rotatable bonds is 4. The molecular weight excluding hydrogens is 250 g/mol. The van der Waals surface area contributed by atoms with Gasteiger partial charge in [-0.3, -0.25) is 9.59 Å². The zero-order valence-electron chi connectivity index (χ0n) is 10.4. The van der Waals surface area contributed by atoms with E-state index in [1.807, 2.05) is 18.4 Å². The molecule has 0 atom stereocenters. The van der Waals surface area contributed by atoms with Gasteiger partial charge in [0.1, 0.15) is 0 Å². The highest BCUT2D eigenvalue weighted by Gasteiger charge is 2.37. The molecule has 0 saturated heterocycles. The van der Waals surface area contributed by atoms with Crippen molar-refractivity contribution in [2.24, 2.45) is 0 Å². The average Bonchev–Trinajstić information content (AvgIpc) is 2.86. The van der Waals surface area contributed by atoms with Gasteiger partial charge in [-0.25, -0.2) is 0 Å². The summed E-state index contributed by atoms with van der Waals surface area (Å²) in [4.78, 5) is 23.8. The maximum Gasteiger partial charge on any atom is 0.305 e. The molecule has 1 heterocycles. The van der Waals surface area contributed by atoms with Gasteiger partial charge in [0.05, 0.1) is 16.8 Å². The second-order valence-electron chi connectivity index (χ2n) is 4.94. The van der Waals surface area contributed by atoms with Crippen LogP contribution in [-0.4, -0.2) is 22.5 Å². The summed E-state index contributed by atoms with van der Waals surface area (Å²) in [6.45, 7) is 1.89. The number of carboxylic acids is 1. The van der Waals surface area contributed by atoms with E-state index in [1.54, 1.807) is 0 Å². The Hall–Kier alpha value is -1.36. The summed E-state index contributed by atoms with van der Waals surface area (Å²) >= 11 is 1.40. The molecule has 1 saturated carbocycles. The Kier molecular flexibility index (Phi) is 3.71. The van der Waals surface area contributed by atoms with Gasteiger partial charge in [-0.15, -0.1) is 11.3 Å². The lowest BCUT2D eigenvalue weighted by atomic mass is 9.93. The average molecular weight is 267 g/mol. The number of hydrogen-bond donors (Lipinski definition) is 2. The summed E-state index contributed by atoms with van der Waals surface area (Å²) in [7, 11) is 0. The molecule has 2 N–H and O–H groups in total. The lowest BCUT2D eigenvalue weighted by molar-refractivity contribution is -0.138. The van der Waals surface area contributed by atoms with Crippen LogP contribution in [0.2, 0.25) is 0 Å². The molecule has 0 aliphatic heterocycles. The van der Waals surface area contributed by atoms with Gasteiger partial charge in [0.15, 0.2) is 0 Å². The normalized spacial score (nSPS) is 17.6. The monoisotopic (exact) mass is 267 g/mol. The van der Waals surface area contributed by atoms with Crippen LogP contribution in [0.5, 0.6) is 0 Å². The molecule has 1 aromatic rings. The van der Waals surface area contributed by atoms with Crippen LogP contribution in [-0.2, 0) is 4.79 Å². The van der Waals surface area contributed by atoms with Gasteiger partial charge in [0.2, 0.25) is 0 Å². The Bertz CT molecular complexity index is 461. The number of thiophene rings is 1. The summed E-state index contributed by atoms with van der Waals surface area (Å²) in [5.41, 5.74) is 0.403. The maximum atomic E-state index is 12.2. The van der Waals surface area contributed by atoms with E-state index in [0.717, 1.165) is 31.2 Å². The molecule has 1 fully saturated rings. The smallest absolute Gasteiger partial charge is 0.305 e. The van der Waals surface area contributed by atoms with Gasteiger partial charge in [0, 0.05) is 0 Å². The first-order valence-corrected chi connectivity index (χ1v) is 6.99. The van der Waals surface area contributed by atoms with E-state index in [0.29, 0.717) is 4.88 Å². The van der Waals surface area contributed by atoms with Crippen molar-refractivity contribution in [1.82, 2.24) is 5.32 Å². The van der Waals surface area contributed by atoms with Gasteiger partial charge in [-0.05, 0) is 36.8 Å². The Labute approximate surface area is 110 Å². The first-order valence-electron chi connectivity index (χ1n) is 6.11. The number of nitrogens with one attached hydrogen (secondary N) is 1. The van der Waals surface area contributed by atoms with Crippen molar-refractivity contribution in [2.45, 2.75) is 44.6 Å². The number of aryl methyl sites for hydroxylation is 1. The lowest BCUT2D eigenvalue weighted by Crippen LogP contribution is -2.47. The van der Waals surface area contributed by atoms with E-state index in [9.17, 15) is 9.59 Å². The molecule has 1 aliphatic rings. The first kappa shape index (κ1) is 13.1. The molecule has 18 heavy (non-hydrogen) atoms. The third kappa shape index (κ3) is 2.72.